The summed E-state index contributed by atoms with van der Waals surface area (Å²) in [5, 5.41) is 3.09. The minimum absolute atomic E-state index is 0.0116. The van der Waals surface area contributed by atoms with Crippen LogP contribution in [0.2, 0.25) is 0 Å². The minimum atomic E-state index is -4.03. The predicted molar refractivity (Wildman–Crippen MR) is 137 cm³/mol. The number of benzene rings is 2. The molecule has 1 aromatic heterocycles. The second-order valence-electron chi connectivity index (χ2n) is 9.08. The van der Waals surface area contributed by atoms with Crippen molar-refractivity contribution in [3.05, 3.63) is 76.2 Å². The van der Waals surface area contributed by atoms with Gasteiger partial charge in [-0.2, -0.15) is 0 Å². The van der Waals surface area contributed by atoms with Crippen molar-refractivity contribution in [3.8, 4) is 5.69 Å². The lowest BCUT2D eigenvalue weighted by atomic mass is 9.96. The fraction of sp³-hybridized carbons (Fsp3) is 0.385. The minimum Gasteiger partial charge on any atom is -0.349 e. The van der Waals surface area contributed by atoms with Gasteiger partial charge in [-0.25, -0.2) is 13.1 Å². The van der Waals surface area contributed by atoms with E-state index in [-0.39, 0.29) is 22.5 Å². The van der Waals surface area contributed by atoms with Gasteiger partial charge in [-0.1, -0.05) is 50.3 Å². The number of nitrogens with one attached hydrogen (secondary N) is 2. The second-order valence-corrected chi connectivity index (χ2v) is 10.8. The van der Waals surface area contributed by atoms with E-state index < -0.39 is 15.6 Å². The standard InChI is InChI=1S/C26H32N4O4S/c1-19-24(26(32)30(29(19)2)22-13-9-6-10-14-22)28-35(33,34)23-17-15-20(16-18-23)25(31)27-21-11-7-4-3-5-8-12-21/h6,9-10,13-18,21,28H,3-5,7-8,11-12H2,1-2H3,(H,27,31). The third-order valence-electron chi connectivity index (χ3n) is 6.66. The van der Waals surface area contributed by atoms with Crippen molar-refractivity contribution in [2.75, 3.05) is 4.72 Å². The molecule has 186 valence electrons. The van der Waals surface area contributed by atoms with Gasteiger partial charge in [0.2, 0.25) is 0 Å². The van der Waals surface area contributed by atoms with Crippen molar-refractivity contribution in [2.24, 2.45) is 7.05 Å². The van der Waals surface area contributed by atoms with Gasteiger partial charge in [-0.05, 0) is 56.2 Å². The van der Waals surface area contributed by atoms with Crippen LogP contribution < -0.4 is 15.6 Å². The van der Waals surface area contributed by atoms with Gasteiger partial charge in [-0.3, -0.25) is 19.0 Å². The molecular formula is C26H32N4O4S. The molecule has 4 rings (SSSR count). The average molecular weight is 497 g/mol. The van der Waals surface area contributed by atoms with Crippen LogP contribution in [0.4, 0.5) is 5.69 Å². The van der Waals surface area contributed by atoms with Crippen LogP contribution in [0.15, 0.2) is 64.3 Å². The largest absolute Gasteiger partial charge is 0.349 e. The maximum atomic E-state index is 13.1. The third-order valence-corrected chi connectivity index (χ3v) is 8.02. The van der Waals surface area contributed by atoms with Gasteiger partial charge in [0.25, 0.3) is 21.5 Å². The average Bonchev–Trinajstić information content (AvgIpc) is 3.04. The van der Waals surface area contributed by atoms with E-state index in [0.717, 1.165) is 25.7 Å². The number of rotatable bonds is 6. The Morgan fingerprint density at radius 1 is 0.914 bits per heavy atom. The SMILES string of the molecule is Cc1c(NS(=O)(=O)c2ccc(C(=O)NC3CCCCCCC3)cc2)c(=O)n(-c2ccccc2)n1C. The highest BCUT2D eigenvalue weighted by Gasteiger charge is 2.23. The van der Waals surface area contributed by atoms with Gasteiger partial charge in [-0.15, -0.1) is 0 Å². The van der Waals surface area contributed by atoms with E-state index in [1.165, 1.54) is 48.2 Å². The fourth-order valence-electron chi connectivity index (χ4n) is 4.53. The van der Waals surface area contributed by atoms with Crippen LogP contribution >= 0.6 is 0 Å². The van der Waals surface area contributed by atoms with E-state index in [2.05, 4.69) is 10.0 Å². The van der Waals surface area contributed by atoms with Gasteiger partial charge >= 0.3 is 0 Å². The Labute approximate surface area is 206 Å². The molecule has 0 aliphatic heterocycles. The van der Waals surface area contributed by atoms with Crippen LogP contribution in [0, 0.1) is 6.92 Å². The first-order chi connectivity index (χ1) is 16.8. The zero-order valence-electron chi connectivity index (χ0n) is 20.2. The number of amides is 1. The summed E-state index contributed by atoms with van der Waals surface area (Å²) >= 11 is 0. The molecule has 1 fully saturated rings. The van der Waals surface area contributed by atoms with Crippen molar-refractivity contribution in [3.63, 3.8) is 0 Å². The Hall–Kier alpha value is -3.33. The lowest BCUT2D eigenvalue weighted by Gasteiger charge is -2.21. The molecule has 3 aromatic rings. The van der Waals surface area contributed by atoms with Crippen molar-refractivity contribution in [2.45, 2.75) is 62.8 Å². The summed E-state index contributed by atoms with van der Waals surface area (Å²) in [6.45, 7) is 1.68. The molecule has 2 N–H and O–H groups in total. The molecule has 0 atom stereocenters. The van der Waals surface area contributed by atoms with E-state index in [9.17, 15) is 18.0 Å². The number of hydrogen-bond acceptors (Lipinski definition) is 4. The normalized spacial score (nSPS) is 15.3. The summed E-state index contributed by atoms with van der Waals surface area (Å²) in [4.78, 5) is 25.7. The van der Waals surface area contributed by atoms with Crippen molar-refractivity contribution < 1.29 is 13.2 Å². The Morgan fingerprint density at radius 2 is 1.51 bits per heavy atom. The Kier molecular flexibility index (Phi) is 7.45. The number of nitrogens with zero attached hydrogens (tertiary/aromatic N) is 2. The number of carbonyl (C=O) groups excluding carboxylic acids is 1. The highest BCUT2D eigenvalue weighted by Crippen LogP contribution is 2.20. The molecule has 1 aliphatic carbocycles. The highest BCUT2D eigenvalue weighted by molar-refractivity contribution is 7.92. The lowest BCUT2D eigenvalue weighted by Crippen LogP contribution is -2.35. The van der Waals surface area contributed by atoms with Crippen LogP contribution in [0.1, 0.15) is 61.0 Å². The molecule has 0 unspecified atom stereocenters. The van der Waals surface area contributed by atoms with E-state index in [0.29, 0.717) is 16.9 Å². The zero-order valence-corrected chi connectivity index (χ0v) is 21.0. The molecular weight excluding hydrogens is 464 g/mol. The molecule has 0 saturated heterocycles. The number of carbonyl (C=O) groups is 1. The van der Waals surface area contributed by atoms with Gasteiger partial charge < -0.3 is 5.32 Å². The topological polar surface area (TPSA) is 102 Å². The molecule has 9 heteroatoms. The first-order valence-corrected chi connectivity index (χ1v) is 13.5. The molecule has 0 radical (unpaired) electrons. The van der Waals surface area contributed by atoms with Crippen LogP contribution in [0.5, 0.6) is 0 Å². The van der Waals surface area contributed by atoms with Crippen LogP contribution in [0.3, 0.4) is 0 Å². The summed E-state index contributed by atoms with van der Waals surface area (Å²) < 4.78 is 31.6. The van der Waals surface area contributed by atoms with E-state index in [1.807, 2.05) is 18.2 Å². The molecule has 2 aromatic carbocycles. The predicted octanol–water partition coefficient (Wildman–Crippen LogP) is 4.13. The van der Waals surface area contributed by atoms with Gasteiger partial charge in [0, 0.05) is 18.7 Å². The monoisotopic (exact) mass is 496 g/mol. The summed E-state index contributed by atoms with van der Waals surface area (Å²) in [5.41, 5.74) is 1.05. The summed E-state index contributed by atoms with van der Waals surface area (Å²) in [6, 6.07) is 15.0. The maximum Gasteiger partial charge on any atom is 0.296 e. The summed E-state index contributed by atoms with van der Waals surface area (Å²) in [6.07, 6.45) is 7.81. The molecule has 1 saturated carbocycles. The highest BCUT2D eigenvalue weighted by atomic mass is 32.2. The van der Waals surface area contributed by atoms with Gasteiger partial charge in [0.15, 0.2) is 0 Å². The first kappa shape index (κ1) is 24.8. The van der Waals surface area contributed by atoms with Crippen molar-refractivity contribution in [1.29, 1.82) is 0 Å². The molecule has 1 amide bonds. The van der Waals surface area contributed by atoms with Gasteiger partial charge in [0.05, 0.1) is 16.3 Å². The second kappa shape index (κ2) is 10.5. The van der Waals surface area contributed by atoms with E-state index in [4.69, 9.17) is 0 Å². The number of para-hydroxylation sites is 1. The Bertz CT molecular complexity index is 1330. The van der Waals surface area contributed by atoms with Gasteiger partial charge in [0.1, 0.15) is 5.69 Å². The quantitative estimate of drug-likeness (QED) is 0.536. The summed E-state index contributed by atoms with van der Waals surface area (Å²) in [5.74, 6) is -0.197. The molecule has 1 aliphatic rings. The number of sulfonamides is 1. The third kappa shape index (κ3) is 5.51. The van der Waals surface area contributed by atoms with Crippen LogP contribution in [0.25, 0.3) is 5.69 Å². The molecule has 35 heavy (non-hydrogen) atoms. The van der Waals surface area contributed by atoms with Crippen molar-refractivity contribution in [1.82, 2.24) is 14.7 Å². The van der Waals surface area contributed by atoms with E-state index in [1.54, 1.807) is 30.8 Å². The van der Waals surface area contributed by atoms with Crippen LogP contribution in [-0.2, 0) is 17.1 Å². The smallest absolute Gasteiger partial charge is 0.296 e. The number of aromatic nitrogens is 2. The fourth-order valence-corrected chi connectivity index (χ4v) is 5.65. The molecule has 8 nitrogen and oxygen atoms in total. The lowest BCUT2D eigenvalue weighted by molar-refractivity contribution is 0.0930. The van der Waals surface area contributed by atoms with Crippen molar-refractivity contribution >= 4 is 21.6 Å². The first-order valence-electron chi connectivity index (χ1n) is 12.1. The summed E-state index contributed by atoms with van der Waals surface area (Å²) in [7, 11) is -2.33. The maximum absolute atomic E-state index is 13.1. The molecule has 0 bridgehead atoms. The zero-order chi connectivity index (χ0) is 25.0. The molecule has 1 heterocycles. The Balaban J connectivity index is 1.51. The number of hydrogen-bond donors (Lipinski definition) is 2. The Morgan fingerprint density at radius 3 is 2.14 bits per heavy atom. The van der Waals surface area contributed by atoms with E-state index >= 15 is 0 Å². The number of anilines is 1. The molecule has 0 spiro atoms. The van der Waals surface area contributed by atoms with Crippen LogP contribution in [-0.4, -0.2) is 29.7 Å².